The van der Waals surface area contributed by atoms with Gasteiger partial charge in [0.05, 0.1) is 11.3 Å². The zero-order valence-electron chi connectivity index (χ0n) is 11.1. The summed E-state index contributed by atoms with van der Waals surface area (Å²) in [7, 11) is 0. The van der Waals surface area contributed by atoms with Crippen molar-refractivity contribution < 1.29 is 9.21 Å². The van der Waals surface area contributed by atoms with Gasteiger partial charge in [0.2, 0.25) is 0 Å². The van der Waals surface area contributed by atoms with Crippen molar-refractivity contribution in [2.45, 2.75) is 20.8 Å². The van der Waals surface area contributed by atoms with Crippen LogP contribution in [0.25, 0.3) is 0 Å². The molecule has 1 N–H and O–H groups in total. The quantitative estimate of drug-likeness (QED) is 0.678. The standard InChI is InChI=1S/C14H15N3O2/c1-9-8-13(11(3)19-9)14(18)17-16-10(2)12-4-6-15-7-5-12/h4-8H,1-3H3,(H,17,18)/b16-10+. The predicted molar refractivity (Wildman–Crippen MR) is 72.1 cm³/mol. The van der Waals surface area contributed by atoms with Crippen molar-refractivity contribution >= 4 is 11.6 Å². The molecule has 0 saturated heterocycles. The second-order valence-electron chi connectivity index (χ2n) is 4.20. The molecule has 0 saturated carbocycles. The molecule has 0 aliphatic heterocycles. The summed E-state index contributed by atoms with van der Waals surface area (Å²) in [5, 5.41) is 4.07. The third-order valence-corrected chi connectivity index (χ3v) is 2.71. The van der Waals surface area contributed by atoms with Crippen LogP contribution in [0.2, 0.25) is 0 Å². The van der Waals surface area contributed by atoms with Crippen molar-refractivity contribution in [3.05, 3.63) is 53.2 Å². The van der Waals surface area contributed by atoms with Crippen LogP contribution in [0.3, 0.4) is 0 Å². The fourth-order valence-corrected chi connectivity index (χ4v) is 1.71. The molecule has 5 heteroatoms. The monoisotopic (exact) mass is 257 g/mol. The SMILES string of the molecule is C/C(=N\NC(=O)c1cc(C)oc1C)c1ccncc1. The van der Waals surface area contributed by atoms with Crippen molar-refractivity contribution in [1.82, 2.24) is 10.4 Å². The smallest absolute Gasteiger partial charge is 0.274 e. The Morgan fingerprint density at radius 3 is 2.58 bits per heavy atom. The summed E-state index contributed by atoms with van der Waals surface area (Å²) >= 11 is 0. The number of aryl methyl sites for hydroxylation is 2. The Morgan fingerprint density at radius 1 is 1.32 bits per heavy atom. The normalized spacial score (nSPS) is 11.4. The second kappa shape index (κ2) is 5.48. The number of furan rings is 1. The molecule has 0 aliphatic carbocycles. The lowest BCUT2D eigenvalue weighted by Gasteiger charge is -2.01. The van der Waals surface area contributed by atoms with Crippen LogP contribution >= 0.6 is 0 Å². The lowest BCUT2D eigenvalue weighted by Crippen LogP contribution is -2.19. The number of nitrogens with one attached hydrogen (secondary N) is 1. The van der Waals surface area contributed by atoms with Crippen LogP contribution in [0, 0.1) is 13.8 Å². The number of hydrogen-bond donors (Lipinski definition) is 1. The zero-order valence-corrected chi connectivity index (χ0v) is 11.1. The molecule has 0 fully saturated rings. The molecular formula is C14H15N3O2. The Labute approximate surface area is 111 Å². The summed E-state index contributed by atoms with van der Waals surface area (Å²) < 4.78 is 5.31. The average molecular weight is 257 g/mol. The largest absolute Gasteiger partial charge is 0.466 e. The van der Waals surface area contributed by atoms with Gasteiger partial charge in [0.25, 0.3) is 5.91 Å². The Morgan fingerprint density at radius 2 is 2.00 bits per heavy atom. The number of amides is 1. The third kappa shape index (κ3) is 3.07. The maximum atomic E-state index is 11.9. The number of pyridine rings is 1. The number of hydrogen-bond acceptors (Lipinski definition) is 4. The van der Waals surface area contributed by atoms with E-state index in [0.717, 1.165) is 5.56 Å². The molecule has 19 heavy (non-hydrogen) atoms. The van der Waals surface area contributed by atoms with E-state index in [4.69, 9.17) is 4.42 Å². The van der Waals surface area contributed by atoms with Gasteiger partial charge >= 0.3 is 0 Å². The molecule has 0 aliphatic rings. The molecule has 2 aromatic rings. The Kier molecular flexibility index (Phi) is 3.75. The summed E-state index contributed by atoms with van der Waals surface area (Å²) in [6.07, 6.45) is 3.36. The minimum Gasteiger partial charge on any atom is -0.466 e. The predicted octanol–water partition coefficient (Wildman–Crippen LogP) is 2.45. The number of carbonyl (C=O) groups excluding carboxylic acids is 1. The van der Waals surface area contributed by atoms with Crippen LogP contribution in [0.5, 0.6) is 0 Å². The van der Waals surface area contributed by atoms with E-state index in [1.807, 2.05) is 19.1 Å². The highest BCUT2D eigenvalue weighted by Crippen LogP contribution is 2.13. The van der Waals surface area contributed by atoms with Gasteiger partial charge in [-0.3, -0.25) is 9.78 Å². The average Bonchev–Trinajstić information content (AvgIpc) is 2.75. The molecule has 0 radical (unpaired) electrons. The van der Waals surface area contributed by atoms with E-state index in [1.165, 1.54) is 0 Å². The summed E-state index contributed by atoms with van der Waals surface area (Å²) in [6.45, 7) is 5.37. The first-order valence-electron chi connectivity index (χ1n) is 5.90. The summed E-state index contributed by atoms with van der Waals surface area (Å²) in [5.74, 6) is 1.02. The lowest BCUT2D eigenvalue weighted by molar-refractivity contribution is 0.0953. The van der Waals surface area contributed by atoms with Crippen molar-refractivity contribution in [3.8, 4) is 0 Å². The fourth-order valence-electron chi connectivity index (χ4n) is 1.71. The van der Waals surface area contributed by atoms with Crippen molar-refractivity contribution in [1.29, 1.82) is 0 Å². The molecular weight excluding hydrogens is 242 g/mol. The Balaban J connectivity index is 2.10. The van der Waals surface area contributed by atoms with E-state index in [-0.39, 0.29) is 5.91 Å². The highest BCUT2D eigenvalue weighted by atomic mass is 16.3. The van der Waals surface area contributed by atoms with Gasteiger partial charge in [-0.25, -0.2) is 5.43 Å². The summed E-state index contributed by atoms with van der Waals surface area (Å²) in [5.41, 5.74) is 4.65. The van der Waals surface area contributed by atoms with Gasteiger partial charge in [0, 0.05) is 18.0 Å². The van der Waals surface area contributed by atoms with Crippen LogP contribution in [0.1, 0.15) is 34.4 Å². The zero-order chi connectivity index (χ0) is 13.8. The highest BCUT2D eigenvalue weighted by Gasteiger charge is 2.12. The van der Waals surface area contributed by atoms with Crippen LogP contribution < -0.4 is 5.43 Å². The highest BCUT2D eigenvalue weighted by molar-refractivity contribution is 6.01. The molecule has 5 nitrogen and oxygen atoms in total. The minimum atomic E-state index is -0.275. The van der Waals surface area contributed by atoms with Gasteiger partial charge in [0.15, 0.2) is 0 Å². The first kappa shape index (κ1) is 13.0. The van der Waals surface area contributed by atoms with Gasteiger partial charge in [0.1, 0.15) is 11.5 Å². The number of aromatic nitrogens is 1. The van der Waals surface area contributed by atoms with E-state index >= 15 is 0 Å². The fraction of sp³-hybridized carbons (Fsp3) is 0.214. The van der Waals surface area contributed by atoms with E-state index in [2.05, 4.69) is 15.5 Å². The molecule has 2 rings (SSSR count). The molecule has 0 unspecified atom stereocenters. The minimum absolute atomic E-state index is 0.275. The number of nitrogens with zero attached hydrogens (tertiary/aromatic N) is 2. The van der Waals surface area contributed by atoms with Gasteiger partial charge in [-0.15, -0.1) is 0 Å². The van der Waals surface area contributed by atoms with Crippen LogP contribution in [-0.2, 0) is 0 Å². The van der Waals surface area contributed by atoms with Gasteiger partial charge in [-0.2, -0.15) is 5.10 Å². The molecule has 0 aromatic carbocycles. The van der Waals surface area contributed by atoms with E-state index in [1.54, 1.807) is 32.3 Å². The second-order valence-corrected chi connectivity index (χ2v) is 4.20. The number of carbonyl (C=O) groups is 1. The topological polar surface area (TPSA) is 67.5 Å². The molecule has 98 valence electrons. The first-order chi connectivity index (χ1) is 9.08. The molecule has 2 heterocycles. The summed E-state index contributed by atoms with van der Waals surface area (Å²) in [4.78, 5) is 15.9. The van der Waals surface area contributed by atoms with Crippen molar-refractivity contribution in [2.75, 3.05) is 0 Å². The van der Waals surface area contributed by atoms with E-state index < -0.39 is 0 Å². The summed E-state index contributed by atoms with van der Waals surface area (Å²) in [6, 6.07) is 5.36. The number of rotatable bonds is 3. The van der Waals surface area contributed by atoms with Gasteiger partial charge < -0.3 is 4.42 Å². The van der Waals surface area contributed by atoms with Crippen molar-refractivity contribution in [3.63, 3.8) is 0 Å². The van der Waals surface area contributed by atoms with Gasteiger partial charge in [-0.05, 0) is 39.0 Å². The van der Waals surface area contributed by atoms with Crippen LogP contribution in [-0.4, -0.2) is 16.6 Å². The third-order valence-electron chi connectivity index (χ3n) is 2.71. The lowest BCUT2D eigenvalue weighted by atomic mass is 10.2. The van der Waals surface area contributed by atoms with E-state index in [9.17, 15) is 4.79 Å². The van der Waals surface area contributed by atoms with Crippen LogP contribution in [0.15, 0.2) is 40.1 Å². The molecule has 0 bridgehead atoms. The number of hydrazone groups is 1. The maximum Gasteiger partial charge on any atom is 0.274 e. The molecule has 2 aromatic heterocycles. The molecule has 0 spiro atoms. The van der Waals surface area contributed by atoms with Crippen LogP contribution in [0.4, 0.5) is 0 Å². The maximum absolute atomic E-state index is 11.9. The Hall–Kier alpha value is -2.43. The molecule has 1 amide bonds. The van der Waals surface area contributed by atoms with Gasteiger partial charge in [-0.1, -0.05) is 0 Å². The van der Waals surface area contributed by atoms with Crippen molar-refractivity contribution in [2.24, 2.45) is 5.10 Å². The molecule has 0 atom stereocenters. The first-order valence-corrected chi connectivity index (χ1v) is 5.90. The van der Waals surface area contributed by atoms with E-state index in [0.29, 0.717) is 22.8 Å². The Bertz CT molecular complexity index is 615.